The van der Waals surface area contributed by atoms with Gasteiger partial charge in [-0.1, -0.05) is 5.16 Å². The highest BCUT2D eigenvalue weighted by molar-refractivity contribution is 5.76. The Morgan fingerprint density at radius 3 is 2.87 bits per heavy atom. The third kappa shape index (κ3) is 4.22. The molecule has 23 heavy (non-hydrogen) atoms. The first-order valence-corrected chi connectivity index (χ1v) is 7.28. The van der Waals surface area contributed by atoms with Gasteiger partial charge in [-0.25, -0.2) is 4.98 Å². The number of nitrogens with one attached hydrogen (secondary N) is 2. The van der Waals surface area contributed by atoms with Gasteiger partial charge in [-0.3, -0.25) is 9.78 Å². The zero-order valence-corrected chi connectivity index (χ0v) is 12.4. The first kappa shape index (κ1) is 14.9. The number of imidazole rings is 1. The molecule has 0 aromatic carbocycles. The second-order valence-corrected chi connectivity index (χ2v) is 4.92. The summed E-state index contributed by atoms with van der Waals surface area (Å²) in [5.41, 5.74) is 1.82. The van der Waals surface area contributed by atoms with E-state index in [1.807, 2.05) is 0 Å². The molecule has 0 aliphatic carbocycles. The molecule has 3 rings (SSSR count). The fraction of sp³-hybridized carbons (Fsp3) is 0.267. The summed E-state index contributed by atoms with van der Waals surface area (Å²) in [6, 6.07) is 3.60. The van der Waals surface area contributed by atoms with Crippen molar-refractivity contribution in [3.8, 4) is 11.4 Å². The third-order valence-corrected chi connectivity index (χ3v) is 3.24. The Morgan fingerprint density at radius 1 is 1.22 bits per heavy atom. The number of aryl methyl sites for hydroxylation is 1. The van der Waals surface area contributed by atoms with Crippen molar-refractivity contribution in [3.05, 3.63) is 48.6 Å². The SMILES string of the molecule is O=C(CCc1nc(-c2ccncc2)no1)NCCc1cnc[nH]1. The average Bonchev–Trinajstić information content (AvgIpc) is 3.25. The summed E-state index contributed by atoms with van der Waals surface area (Å²) < 4.78 is 5.16. The molecular weight excluding hydrogens is 296 g/mol. The predicted octanol–water partition coefficient (Wildman–Crippen LogP) is 1.15. The Labute approximate surface area is 132 Å². The highest BCUT2D eigenvalue weighted by atomic mass is 16.5. The predicted molar refractivity (Wildman–Crippen MR) is 81.2 cm³/mol. The van der Waals surface area contributed by atoms with Crippen molar-refractivity contribution in [1.29, 1.82) is 0 Å². The quantitative estimate of drug-likeness (QED) is 0.677. The molecule has 3 aromatic rings. The molecule has 3 aromatic heterocycles. The van der Waals surface area contributed by atoms with Crippen LogP contribution in [0, 0.1) is 0 Å². The van der Waals surface area contributed by atoms with Crippen LogP contribution in [0.15, 0.2) is 41.6 Å². The number of hydrogen-bond donors (Lipinski definition) is 2. The third-order valence-electron chi connectivity index (χ3n) is 3.24. The lowest BCUT2D eigenvalue weighted by Gasteiger charge is -2.02. The van der Waals surface area contributed by atoms with Gasteiger partial charge in [0.2, 0.25) is 17.6 Å². The zero-order valence-electron chi connectivity index (χ0n) is 12.4. The monoisotopic (exact) mass is 312 g/mol. The lowest BCUT2D eigenvalue weighted by molar-refractivity contribution is -0.121. The van der Waals surface area contributed by atoms with Crippen LogP contribution in [-0.4, -0.2) is 37.5 Å². The van der Waals surface area contributed by atoms with Crippen LogP contribution in [-0.2, 0) is 17.6 Å². The van der Waals surface area contributed by atoms with Gasteiger partial charge in [-0.2, -0.15) is 4.98 Å². The standard InChI is InChI=1S/C15H16N6O2/c22-13(18-8-5-12-9-17-10-19-12)1-2-14-20-15(21-23-14)11-3-6-16-7-4-11/h3-4,6-7,9-10H,1-2,5,8H2,(H,17,19)(H,18,22). The van der Waals surface area contributed by atoms with Gasteiger partial charge in [-0.05, 0) is 12.1 Å². The smallest absolute Gasteiger partial charge is 0.227 e. The maximum atomic E-state index is 11.8. The Morgan fingerprint density at radius 2 is 2.09 bits per heavy atom. The van der Waals surface area contributed by atoms with Crippen LogP contribution in [0.4, 0.5) is 0 Å². The van der Waals surface area contributed by atoms with Gasteiger partial charge in [0, 0.05) is 55.7 Å². The summed E-state index contributed by atoms with van der Waals surface area (Å²) >= 11 is 0. The maximum Gasteiger partial charge on any atom is 0.227 e. The second kappa shape index (κ2) is 7.30. The number of aromatic nitrogens is 5. The van der Waals surface area contributed by atoms with E-state index in [0.29, 0.717) is 31.1 Å². The molecule has 0 aliphatic rings. The molecule has 1 amide bonds. The van der Waals surface area contributed by atoms with Gasteiger partial charge in [0.15, 0.2) is 0 Å². The van der Waals surface area contributed by atoms with Crippen LogP contribution < -0.4 is 5.32 Å². The Balaban J connectivity index is 1.43. The van der Waals surface area contributed by atoms with Crippen molar-refractivity contribution in [2.75, 3.05) is 6.54 Å². The number of nitrogens with zero attached hydrogens (tertiary/aromatic N) is 4. The van der Waals surface area contributed by atoms with Crippen LogP contribution in [0.3, 0.4) is 0 Å². The number of pyridine rings is 1. The fourth-order valence-corrected chi connectivity index (χ4v) is 2.04. The van der Waals surface area contributed by atoms with Gasteiger partial charge >= 0.3 is 0 Å². The van der Waals surface area contributed by atoms with E-state index in [2.05, 4.69) is 30.4 Å². The van der Waals surface area contributed by atoms with Gasteiger partial charge in [0.05, 0.1) is 6.33 Å². The first-order chi connectivity index (χ1) is 11.3. The Bertz CT molecular complexity index is 738. The lowest BCUT2D eigenvalue weighted by Crippen LogP contribution is -2.25. The van der Waals surface area contributed by atoms with Gasteiger partial charge in [0.1, 0.15) is 0 Å². The van der Waals surface area contributed by atoms with Crippen LogP contribution in [0.2, 0.25) is 0 Å². The topological polar surface area (TPSA) is 110 Å². The van der Waals surface area contributed by atoms with Crippen molar-refractivity contribution in [2.24, 2.45) is 0 Å². The van der Waals surface area contributed by atoms with E-state index in [0.717, 1.165) is 17.7 Å². The van der Waals surface area contributed by atoms with Gasteiger partial charge in [-0.15, -0.1) is 0 Å². The van der Waals surface area contributed by atoms with Crippen LogP contribution in [0.1, 0.15) is 18.0 Å². The minimum atomic E-state index is -0.0480. The number of aromatic amines is 1. The number of rotatable bonds is 7. The van der Waals surface area contributed by atoms with Crippen molar-refractivity contribution in [3.63, 3.8) is 0 Å². The lowest BCUT2D eigenvalue weighted by atomic mass is 10.2. The minimum absolute atomic E-state index is 0.0480. The van der Waals surface area contributed by atoms with Crippen LogP contribution in [0.5, 0.6) is 0 Å². The minimum Gasteiger partial charge on any atom is -0.356 e. The Kier molecular flexibility index (Phi) is 4.72. The largest absolute Gasteiger partial charge is 0.356 e. The van der Waals surface area contributed by atoms with E-state index in [4.69, 9.17) is 4.52 Å². The zero-order chi connectivity index (χ0) is 15.9. The molecule has 0 radical (unpaired) electrons. The average molecular weight is 312 g/mol. The number of carbonyl (C=O) groups excluding carboxylic acids is 1. The summed E-state index contributed by atoms with van der Waals surface area (Å²) in [5, 5.41) is 6.75. The molecule has 0 spiro atoms. The Hall–Kier alpha value is -3.03. The second-order valence-electron chi connectivity index (χ2n) is 4.92. The molecule has 0 bridgehead atoms. The molecule has 0 saturated carbocycles. The molecule has 0 atom stereocenters. The number of amides is 1. The summed E-state index contributed by atoms with van der Waals surface area (Å²) in [5.74, 6) is 0.899. The fourth-order valence-electron chi connectivity index (χ4n) is 2.04. The number of H-pyrrole nitrogens is 1. The summed E-state index contributed by atoms with van der Waals surface area (Å²) in [6.07, 6.45) is 8.13. The maximum absolute atomic E-state index is 11.8. The molecule has 0 saturated heterocycles. The molecule has 3 heterocycles. The molecule has 0 fully saturated rings. The molecule has 118 valence electrons. The van der Waals surface area contributed by atoms with E-state index in [-0.39, 0.29) is 5.91 Å². The molecule has 8 heteroatoms. The van der Waals surface area contributed by atoms with E-state index < -0.39 is 0 Å². The summed E-state index contributed by atoms with van der Waals surface area (Å²) in [7, 11) is 0. The molecule has 0 aliphatic heterocycles. The van der Waals surface area contributed by atoms with Crippen molar-refractivity contribution >= 4 is 5.91 Å². The van der Waals surface area contributed by atoms with Gasteiger partial charge < -0.3 is 14.8 Å². The molecule has 8 nitrogen and oxygen atoms in total. The van der Waals surface area contributed by atoms with Crippen LogP contribution in [0.25, 0.3) is 11.4 Å². The van der Waals surface area contributed by atoms with Crippen molar-refractivity contribution in [2.45, 2.75) is 19.3 Å². The number of hydrogen-bond acceptors (Lipinski definition) is 6. The molecule has 0 unspecified atom stereocenters. The number of carbonyl (C=O) groups is 1. The first-order valence-electron chi connectivity index (χ1n) is 7.28. The molecule has 2 N–H and O–H groups in total. The van der Waals surface area contributed by atoms with Crippen molar-refractivity contribution < 1.29 is 9.32 Å². The highest BCUT2D eigenvalue weighted by Gasteiger charge is 2.10. The van der Waals surface area contributed by atoms with E-state index in [1.54, 1.807) is 37.1 Å². The molecular formula is C15H16N6O2. The normalized spacial score (nSPS) is 10.6. The van der Waals surface area contributed by atoms with Gasteiger partial charge in [0.25, 0.3) is 0 Å². The van der Waals surface area contributed by atoms with Crippen molar-refractivity contribution in [1.82, 2.24) is 30.4 Å². The summed E-state index contributed by atoms with van der Waals surface area (Å²) in [4.78, 5) is 26.9. The van der Waals surface area contributed by atoms with Crippen LogP contribution >= 0.6 is 0 Å². The highest BCUT2D eigenvalue weighted by Crippen LogP contribution is 2.14. The van der Waals surface area contributed by atoms with E-state index in [1.165, 1.54) is 0 Å². The van der Waals surface area contributed by atoms with E-state index in [9.17, 15) is 4.79 Å². The van der Waals surface area contributed by atoms with E-state index >= 15 is 0 Å². The summed E-state index contributed by atoms with van der Waals surface area (Å²) in [6.45, 7) is 0.563.